The molecule has 0 saturated heterocycles. The minimum Gasteiger partial charge on any atom is -0.486 e. The maximum absolute atomic E-state index is 12.1. The molecule has 0 heterocycles. The van der Waals surface area contributed by atoms with E-state index in [4.69, 9.17) is 16.3 Å². The molecule has 1 aliphatic rings. The van der Waals surface area contributed by atoms with Gasteiger partial charge in [-0.3, -0.25) is 4.79 Å². The Balaban J connectivity index is 1.77. The zero-order valence-electron chi connectivity index (χ0n) is 11.4. The third kappa shape index (κ3) is 4.24. The zero-order chi connectivity index (χ0) is 13.7. The van der Waals surface area contributed by atoms with Gasteiger partial charge in [0.25, 0.3) is 0 Å². The van der Waals surface area contributed by atoms with E-state index in [1.54, 1.807) is 24.3 Å². The summed E-state index contributed by atoms with van der Waals surface area (Å²) in [7, 11) is 0. The number of ketones is 1. The average molecular weight is 281 g/mol. The van der Waals surface area contributed by atoms with Crippen molar-refractivity contribution in [1.82, 2.24) is 0 Å². The highest BCUT2D eigenvalue weighted by Gasteiger charge is 2.25. The molecule has 3 heteroatoms. The van der Waals surface area contributed by atoms with Crippen molar-refractivity contribution in [3.8, 4) is 5.75 Å². The Morgan fingerprint density at radius 2 is 1.84 bits per heavy atom. The molecule has 1 saturated carbocycles. The zero-order valence-corrected chi connectivity index (χ0v) is 12.2. The molecule has 1 aromatic rings. The fourth-order valence-corrected chi connectivity index (χ4v) is 2.82. The van der Waals surface area contributed by atoms with Gasteiger partial charge in [-0.15, -0.1) is 0 Å². The average Bonchev–Trinajstić information content (AvgIpc) is 2.46. The Labute approximate surface area is 120 Å². The van der Waals surface area contributed by atoms with Crippen LogP contribution in [0.2, 0.25) is 5.02 Å². The largest absolute Gasteiger partial charge is 0.486 e. The lowest BCUT2D eigenvalue weighted by atomic mass is 9.79. The Kier molecular flexibility index (Phi) is 5.26. The summed E-state index contributed by atoms with van der Waals surface area (Å²) in [6.07, 6.45) is 5.67. The van der Waals surface area contributed by atoms with Crippen LogP contribution in [0.5, 0.6) is 5.75 Å². The molecule has 0 spiro atoms. The number of carbonyl (C=O) groups is 1. The van der Waals surface area contributed by atoms with E-state index in [1.165, 1.54) is 19.3 Å². The fraction of sp³-hybridized carbons (Fsp3) is 0.562. The summed E-state index contributed by atoms with van der Waals surface area (Å²) in [5.41, 5.74) is 0. The van der Waals surface area contributed by atoms with Crippen molar-refractivity contribution in [2.45, 2.75) is 39.0 Å². The summed E-state index contributed by atoms with van der Waals surface area (Å²) in [5.74, 6) is 1.97. The lowest BCUT2D eigenvalue weighted by Crippen LogP contribution is -2.26. The SMILES string of the molecule is CCC1CCC(C(=O)COc2ccc(Cl)cc2)CC1. The topological polar surface area (TPSA) is 26.3 Å². The van der Waals surface area contributed by atoms with Crippen molar-refractivity contribution < 1.29 is 9.53 Å². The number of carbonyl (C=O) groups excluding carboxylic acids is 1. The Hall–Kier alpha value is -1.02. The number of ether oxygens (including phenoxy) is 1. The van der Waals surface area contributed by atoms with E-state index in [1.807, 2.05) is 0 Å². The van der Waals surface area contributed by atoms with Gasteiger partial charge >= 0.3 is 0 Å². The van der Waals surface area contributed by atoms with E-state index in [0.29, 0.717) is 10.8 Å². The van der Waals surface area contributed by atoms with Gasteiger partial charge < -0.3 is 4.74 Å². The van der Waals surface area contributed by atoms with Crippen molar-refractivity contribution in [3.05, 3.63) is 29.3 Å². The van der Waals surface area contributed by atoms with Crippen LogP contribution in [-0.4, -0.2) is 12.4 Å². The molecule has 1 aliphatic carbocycles. The predicted molar refractivity (Wildman–Crippen MR) is 77.7 cm³/mol. The molecule has 1 aromatic carbocycles. The second-order valence-electron chi connectivity index (χ2n) is 5.33. The van der Waals surface area contributed by atoms with Crippen LogP contribution in [0.4, 0.5) is 0 Å². The van der Waals surface area contributed by atoms with E-state index < -0.39 is 0 Å². The Morgan fingerprint density at radius 1 is 1.21 bits per heavy atom. The normalized spacial score (nSPS) is 23.1. The van der Waals surface area contributed by atoms with E-state index in [0.717, 1.165) is 18.8 Å². The number of halogens is 1. The standard InChI is InChI=1S/C16H21ClO2/c1-2-12-3-5-13(6-4-12)16(18)11-19-15-9-7-14(17)8-10-15/h7-10,12-13H,2-6,11H2,1H3. The summed E-state index contributed by atoms with van der Waals surface area (Å²) >= 11 is 5.80. The molecule has 0 N–H and O–H groups in total. The summed E-state index contributed by atoms with van der Waals surface area (Å²) in [4.78, 5) is 12.1. The number of benzene rings is 1. The highest BCUT2D eigenvalue weighted by atomic mass is 35.5. The third-order valence-electron chi connectivity index (χ3n) is 4.07. The Bertz CT molecular complexity index is 405. The quantitative estimate of drug-likeness (QED) is 0.793. The van der Waals surface area contributed by atoms with Crippen LogP contribution in [0.15, 0.2) is 24.3 Å². The second-order valence-corrected chi connectivity index (χ2v) is 5.77. The highest BCUT2D eigenvalue weighted by molar-refractivity contribution is 6.30. The first-order valence-electron chi connectivity index (χ1n) is 7.10. The number of rotatable bonds is 5. The van der Waals surface area contributed by atoms with E-state index in [-0.39, 0.29) is 18.3 Å². The molecule has 104 valence electrons. The summed E-state index contributed by atoms with van der Waals surface area (Å²) in [6, 6.07) is 7.13. The first-order valence-corrected chi connectivity index (χ1v) is 7.48. The maximum atomic E-state index is 12.1. The minimum atomic E-state index is 0.184. The molecule has 2 nitrogen and oxygen atoms in total. The van der Waals surface area contributed by atoms with Crippen LogP contribution in [0.1, 0.15) is 39.0 Å². The summed E-state index contributed by atoms with van der Waals surface area (Å²) in [5, 5.41) is 0.677. The van der Waals surface area contributed by atoms with Crippen molar-refractivity contribution in [2.24, 2.45) is 11.8 Å². The first kappa shape index (κ1) is 14.4. The van der Waals surface area contributed by atoms with Crippen LogP contribution in [0.3, 0.4) is 0 Å². The molecule has 0 atom stereocenters. The van der Waals surface area contributed by atoms with Crippen molar-refractivity contribution in [1.29, 1.82) is 0 Å². The maximum Gasteiger partial charge on any atom is 0.173 e. The predicted octanol–water partition coefficient (Wildman–Crippen LogP) is 4.50. The van der Waals surface area contributed by atoms with Crippen LogP contribution < -0.4 is 4.74 Å². The molecule has 19 heavy (non-hydrogen) atoms. The molecule has 2 rings (SSSR count). The van der Waals surface area contributed by atoms with Gasteiger partial charge in [0.05, 0.1) is 0 Å². The van der Waals surface area contributed by atoms with Gasteiger partial charge in [-0.05, 0) is 55.9 Å². The van der Waals surface area contributed by atoms with Crippen molar-refractivity contribution >= 4 is 17.4 Å². The molecular formula is C16H21ClO2. The fourth-order valence-electron chi connectivity index (χ4n) is 2.70. The van der Waals surface area contributed by atoms with E-state index in [9.17, 15) is 4.79 Å². The molecular weight excluding hydrogens is 260 g/mol. The Morgan fingerprint density at radius 3 is 2.42 bits per heavy atom. The van der Waals surface area contributed by atoms with Crippen LogP contribution in [0, 0.1) is 11.8 Å². The van der Waals surface area contributed by atoms with Gasteiger partial charge in [0, 0.05) is 10.9 Å². The van der Waals surface area contributed by atoms with Crippen molar-refractivity contribution in [2.75, 3.05) is 6.61 Å². The van der Waals surface area contributed by atoms with Crippen LogP contribution >= 0.6 is 11.6 Å². The molecule has 0 aliphatic heterocycles. The lowest BCUT2D eigenvalue weighted by Gasteiger charge is -2.26. The van der Waals surface area contributed by atoms with Gasteiger partial charge in [0.15, 0.2) is 5.78 Å². The van der Waals surface area contributed by atoms with E-state index in [2.05, 4.69) is 6.92 Å². The molecule has 0 bridgehead atoms. The van der Waals surface area contributed by atoms with Gasteiger partial charge in [0.2, 0.25) is 0 Å². The van der Waals surface area contributed by atoms with Gasteiger partial charge in [-0.25, -0.2) is 0 Å². The smallest absolute Gasteiger partial charge is 0.173 e. The molecule has 1 fully saturated rings. The van der Waals surface area contributed by atoms with Gasteiger partial charge in [0.1, 0.15) is 12.4 Å². The molecule has 0 aromatic heterocycles. The summed E-state index contributed by atoms with van der Waals surface area (Å²) in [6.45, 7) is 2.42. The summed E-state index contributed by atoms with van der Waals surface area (Å²) < 4.78 is 5.52. The molecule has 0 radical (unpaired) electrons. The number of Topliss-reactive ketones (excluding diaryl/α,β-unsaturated/α-hetero) is 1. The highest BCUT2D eigenvalue weighted by Crippen LogP contribution is 2.31. The van der Waals surface area contributed by atoms with Crippen LogP contribution in [0.25, 0.3) is 0 Å². The van der Waals surface area contributed by atoms with Crippen molar-refractivity contribution in [3.63, 3.8) is 0 Å². The van der Waals surface area contributed by atoms with Gasteiger partial charge in [-0.1, -0.05) is 24.9 Å². The molecule has 0 unspecified atom stereocenters. The number of hydrogen-bond donors (Lipinski definition) is 0. The number of hydrogen-bond acceptors (Lipinski definition) is 2. The second kappa shape index (κ2) is 6.95. The van der Waals surface area contributed by atoms with Gasteiger partial charge in [-0.2, -0.15) is 0 Å². The molecule has 0 amide bonds. The first-order chi connectivity index (χ1) is 9.19. The van der Waals surface area contributed by atoms with Crippen LogP contribution in [-0.2, 0) is 4.79 Å². The lowest BCUT2D eigenvalue weighted by molar-refractivity contribution is -0.126. The minimum absolute atomic E-state index is 0.184. The van der Waals surface area contributed by atoms with E-state index >= 15 is 0 Å². The monoisotopic (exact) mass is 280 g/mol. The third-order valence-corrected chi connectivity index (χ3v) is 4.33.